The molecule has 0 bridgehead atoms. The molecule has 0 heterocycles. The summed E-state index contributed by atoms with van der Waals surface area (Å²) >= 11 is 0. The number of benzene rings is 1. The first kappa shape index (κ1) is 9.72. The van der Waals surface area contributed by atoms with E-state index in [1.807, 2.05) is 31.2 Å². The molecule has 1 aromatic carbocycles. The standard InChI is InChI=1S/C12H11NO2/c1-8-3-5-9(6-4-8)12(11(14)15)7-10(12)13-2/h3-6,10H,7H2,1H3,(H,14,15). The monoisotopic (exact) mass is 201 g/mol. The second-order valence-electron chi connectivity index (χ2n) is 3.99. The van der Waals surface area contributed by atoms with E-state index in [1.165, 1.54) is 0 Å². The minimum absolute atomic E-state index is 0.391. The van der Waals surface area contributed by atoms with Gasteiger partial charge in [-0.15, -0.1) is 0 Å². The molecule has 3 heteroatoms. The van der Waals surface area contributed by atoms with Crippen molar-refractivity contribution >= 4 is 5.97 Å². The largest absolute Gasteiger partial charge is 0.480 e. The maximum Gasteiger partial charge on any atom is 0.322 e. The van der Waals surface area contributed by atoms with Gasteiger partial charge in [0.25, 0.3) is 0 Å². The van der Waals surface area contributed by atoms with E-state index in [-0.39, 0.29) is 0 Å². The summed E-state index contributed by atoms with van der Waals surface area (Å²) < 4.78 is 0. The van der Waals surface area contributed by atoms with E-state index < -0.39 is 17.4 Å². The van der Waals surface area contributed by atoms with Gasteiger partial charge in [-0.2, -0.15) is 0 Å². The molecule has 0 radical (unpaired) electrons. The van der Waals surface area contributed by atoms with Crippen LogP contribution in [0.3, 0.4) is 0 Å². The van der Waals surface area contributed by atoms with Gasteiger partial charge in [0, 0.05) is 0 Å². The summed E-state index contributed by atoms with van der Waals surface area (Å²) in [7, 11) is 0. The Balaban J connectivity index is 2.41. The highest BCUT2D eigenvalue weighted by atomic mass is 16.4. The molecule has 1 aromatic rings. The van der Waals surface area contributed by atoms with Gasteiger partial charge in [-0.25, -0.2) is 6.57 Å². The molecule has 0 saturated heterocycles. The van der Waals surface area contributed by atoms with Crippen LogP contribution in [0.15, 0.2) is 24.3 Å². The fourth-order valence-electron chi connectivity index (χ4n) is 1.92. The number of hydrogen-bond donors (Lipinski definition) is 1. The van der Waals surface area contributed by atoms with Gasteiger partial charge in [-0.05, 0) is 12.5 Å². The predicted octanol–water partition coefficient (Wildman–Crippen LogP) is 2.01. The van der Waals surface area contributed by atoms with Crippen LogP contribution in [0.4, 0.5) is 0 Å². The van der Waals surface area contributed by atoms with Crippen molar-refractivity contribution in [2.24, 2.45) is 0 Å². The van der Waals surface area contributed by atoms with Crippen molar-refractivity contribution in [2.45, 2.75) is 24.8 Å². The number of nitrogens with zero attached hydrogens (tertiary/aromatic N) is 1. The van der Waals surface area contributed by atoms with Gasteiger partial charge in [0.1, 0.15) is 0 Å². The number of rotatable bonds is 2. The highest BCUT2D eigenvalue weighted by molar-refractivity contribution is 5.87. The SMILES string of the molecule is [C-]#[N+]C1CC1(C(=O)O)c1ccc(C)cc1. The van der Waals surface area contributed by atoms with Crippen molar-refractivity contribution in [1.29, 1.82) is 0 Å². The quantitative estimate of drug-likeness (QED) is 0.743. The molecule has 15 heavy (non-hydrogen) atoms. The smallest absolute Gasteiger partial charge is 0.322 e. The zero-order valence-corrected chi connectivity index (χ0v) is 8.40. The van der Waals surface area contributed by atoms with E-state index in [0.717, 1.165) is 11.1 Å². The summed E-state index contributed by atoms with van der Waals surface area (Å²) in [4.78, 5) is 14.5. The number of carboxylic acids is 1. The second-order valence-corrected chi connectivity index (χ2v) is 3.99. The van der Waals surface area contributed by atoms with Crippen LogP contribution in [-0.2, 0) is 10.2 Å². The topological polar surface area (TPSA) is 41.7 Å². The number of aliphatic carboxylic acids is 1. The average molecular weight is 201 g/mol. The third-order valence-electron chi connectivity index (χ3n) is 3.03. The summed E-state index contributed by atoms with van der Waals surface area (Å²) in [5, 5.41) is 9.18. The van der Waals surface area contributed by atoms with Crippen LogP contribution in [0.25, 0.3) is 4.85 Å². The van der Waals surface area contributed by atoms with Gasteiger partial charge in [-0.3, -0.25) is 4.79 Å². The van der Waals surface area contributed by atoms with Crippen LogP contribution < -0.4 is 0 Å². The Morgan fingerprint density at radius 3 is 2.53 bits per heavy atom. The fraction of sp³-hybridized carbons (Fsp3) is 0.333. The molecule has 1 saturated carbocycles. The summed E-state index contributed by atoms with van der Waals surface area (Å²) in [5.74, 6) is -0.882. The number of aryl methyl sites for hydroxylation is 1. The van der Waals surface area contributed by atoms with E-state index in [0.29, 0.717) is 6.42 Å². The van der Waals surface area contributed by atoms with E-state index >= 15 is 0 Å². The highest BCUT2D eigenvalue weighted by Crippen LogP contribution is 2.51. The number of hydrogen-bond acceptors (Lipinski definition) is 1. The Hall–Kier alpha value is -1.82. The number of carbonyl (C=O) groups is 1. The van der Waals surface area contributed by atoms with E-state index in [9.17, 15) is 9.90 Å². The average Bonchev–Trinajstić information content (AvgIpc) is 2.94. The van der Waals surface area contributed by atoms with Crippen molar-refractivity contribution in [1.82, 2.24) is 0 Å². The van der Waals surface area contributed by atoms with Gasteiger partial charge < -0.3 is 9.95 Å². The molecule has 76 valence electrons. The minimum atomic E-state index is -0.935. The van der Waals surface area contributed by atoms with Gasteiger partial charge in [-0.1, -0.05) is 29.8 Å². The van der Waals surface area contributed by atoms with Gasteiger partial charge in [0.2, 0.25) is 6.04 Å². The molecule has 3 nitrogen and oxygen atoms in total. The summed E-state index contributed by atoms with van der Waals surface area (Å²) in [6.07, 6.45) is 0.439. The summed E-state index contributed by atoms with van der Waals surface area (Å²) in [5.41, 5.74) is 0.913. The molecule has 1 N–H and O–H groups in total. The lowest BCUT2D eigenvalue weighted by Crippen LogP contribution is -2.23. The Morgan fingerprint density at radius 2 is 2.13 bits per heavy atom. The second kappa shape index (κ2) is 3.09. The highest BCUT2D eigenvalue weighted by Gasteiger charge is 2.68. The first-order valence-electron chi connectivity index (χ1n) is 4.78. The Bertz CT molecular complexity index is 444. The molecule has 2 rings (SSSR count). The molecular formula is C12H11NO2. The van der Waals surface area contributed by atoms with E-state index in [2.05, 4.69) is 4.85 Å². The molecule has 1 aliphatic rings. The maximum absolute atomic E-state index is 11.2. The van der Waals surface area contributed by atoms with Crippen molar-refractivity contribution in [3.05, 3.63) is 46.8 Å². The third kappa shape index (κ3) is 1.30. The van der Waals surface area contributed by atoms with E-state index in [1.54, 1.807) is 0 Å². The summed E-state index contributed by atoms with van der Waals surface area (Å²) in [6.45, 7) is 8.88. The molecular weight excluding hydrogens is 190 g/mol. The zero-order valence-electron chi connectivity index (χ0n) is 8.40. The lowest BCUT2D eigenvalue weighted by molar-refractivity contribution is -0.140. The van der Waals surface area contributed by atoms with Crippen LogP contribution >= 0.6 is 0 Å². The van der Waals surface area contributed by atoms with Crippen LogP contribution in [0.2, 0.25) is 0 Å². The van der Waals surface area contributed by atoms with Crippen molar-refractivity contribution < 1.29 is 9.90 Å². The minimum Gasteiger partial charge on any atom is -0.480 e. The molecule has 2 unspecified atom stereocenters. The van der Waals surface area contributed by atoms with Crippen molar-refractivity contribution in [3.63, 3.8) is 0 Å². The Morgan fingerprint density at radius 1 is 1.53 bits per heavy atom. The zero-order chi connectivity index (χ0) is 11.1. The molecule has 0 amide bonds. The lowest BCUT2D eigenvalue weighted by Gasteiger charge is -2.08. The van der Waals surface area contributed by atoms with Gasteiger partial charge >= 0.3 is 5.97 Å². The van der Waals surface area contributed by atoms with Gasteiger partial charge in [0.05, 0.1) is 6.42 Å². The third-order valence-corrected chi connectivity index (χ3v) is 3.03. The van der Waals surface area contributed by atoms with Crippen molar-refractivity contribution in [3.8, 4) is 0 Å². The molecule has 1 aliphatic carbocycles. The molecule has 0 spiro atoms. The fourth-order valence-corrected chi connectivity index (χ4v) is 1.92. The molecule has 2 atom stereocenters. The predicted molar refractivity (Wildman–Crippen MR) is 55.5 cm³/mol. The molecule has 0 aliphatic heterocycles. The first-order valence-corrected chi connectivity index (χ1v) is 4.78. The van der Waals surface area contributed by atoms with Crippen LogP contribution in [0.1, 0.15) is 17.5 Å². The molecule has 1 fully saturated rings. The Labute approximate surface area is 88.2 Å². The molecule has 0 aromatic heterocycles. The van der Waals surface area contributed by atoms with Gasteiger partial charge in [0.15, 0.2) is 5.41 Å². The number of carboxylic acid groups (broad SMARTS) is 1. The van der Waals surface area contributed by atoms with Crippen molar-refractivity contribution in [2.75, 3.05) is 0 Å². The van der Waals surface area contributed by atoms with E-state index in [4.69, 9.17) is 6.57 Å². The summed E-state index contributed by atoms with van der Waals surface area (Å²) in [6, 6.07) is 7.01. The first-order chi connectivity index (χ1) is 7.11. The van der Waals surface area contributed by atoms with Crippen LogP contribution in [0.5, 0.6) is 0 Å². The normalized spacial score (nSPS) is 28.1. The maximum atomic E-state index is 11.2. The Kier molecular flexibility index (Phi) is 2.01. The van der Waals surface area contributed by atoms with Crippen LogP contribution in [0, 0.1) is 13.5 Å². The lowest BCUT2D eigenvalue weighted by atomic mass is 9.94. The van der Waals surface area contributed by atoms with Crippen LogP contribution in [-0.4, -0.2) is 17.1 Å².